The van der Waals surface area contributed by atoms with E-state index in [2.05, 4.69) is 0 Å². The van der Waals surface area contributed by atoms with E-state index in [1.807, 2.05) is 41.1 Å². The van der Waals surface area contributed by atoms with Gasteiger partial charge in [-0.1, -0.05) is 18.2 Å². The summed E-state index contributed by atoms with van der Waals surface area (Å²) in [6.07, 6.45) is 2.46. The number of nitrogens with zero attached hydrogens (tertiary/aromatic N) is 2. The Kier molecular flexibility index (Phi) is 4.40. The van der Waals surface area contributed by atoms with Gasteiger partial charge in [-0.2, -0.15) is 0 Å². The van der Waals surface area contributed by atoms with Gasteiger partial charge < -0.3 is 14.6 Å². The molecule has 0 fully saturated rings. The topological polar surface area (TPSA) is 62.5 Å². The summed E-state index contributed by atoms with van der Waals surface area (Å²) in [7, 11) is 1.70. The highest BCUT2D eigenvalue weighted by Gasteiger charge is 2.11. The third-order valence-electron chi connectivity index (χ3n) is 3.30. The van der Waals surface area contributed by atoms with Crippen LogP contribution in [-0.2, 0) is 16.1 Å². The molecule has 20 heavy (non-hydrogen) atoms. The van der Waals surface area contributed by atoms with E-state index < -0.39 is 5.97 Å². The molecular weight excluding hydrogens is 256 g/mol. The quantitative estimate of drug-likeness (QED) is 0.876. The molecule has 0 saturated carbocycles. The van der Waals surface area contributed by atoms with Gasteiger partial charge in [0.1, 0.15) is 6.54 Å². The average Bonchev–Trinajstić information content (AvgIpc) is 2.81. The van der Waals surface area contributed by atoms with Gasteiger partial charge >= 0.3 is 5.97 Å². The fraction of sp³-hybridized carbons (Fsp3) is 0.333. The minimum atomic E-state index is -0.831. The summed E-state index contributed by atoms with van der Waals surface area (Å²) in [5, 5.41) is 9.69. The summed E-state index contributed by atoms with van der Waals surface area (Å²) < 4.78 is 1.91. The maximum Gasteiger partial charge on any atom is 0.303 e. The van der Waals surface area contributed by atoms with Crippen LogP contribution in [0, 0.1) is 0 Å². The zero-order valence-electron chi connectivity index (χ0n) is 11.5. The number of carbonyl (C=O) groups is 2. The number of hydrogen-bond acceptors (Lipinski definition) is 2. The Morgan fingerprint density at radius 3 is 2.75 bits per heavy atom. The number of aromatic nitrogens is 1. The molecule has 106 valence electrons. The second-order valence-electron chi connectivity index (χ2n) is 4.82. The van der Waals surface area contributed by atoms with Crippen LogP contribution in [0.15, 0.2) is 36.5 Å². The van der Waals surface area contributed by atoms with Gasteiger partial charge in [0, 0.05) is 31.7 Å². The third-order valence-corrected chi connectivity index (χ3v) is 3.30. The molecule has 1 aromatic heterocycles. The first-order valence-corrected chi connectivity index (χ1v) is 6.57. The molecule has 1 N–H and O–H groups in total. The van der Waals surface area contributed by atoms with Crippen LogP contribution in [0.5, 0.6) is 0 Å². The number of hydrogen-bond donors (Lipinski definition) is 1. The minimum Gasteiger partial charge on any atom is -0.481 e. The fourth-order valence-electron chi connectivity index (χ4n) is 2.14. The molecule has 0 bridgehead atoms. The summed E-state index contributed by atoms with van der Waals surface area (Å²) in [6, 6.07) is 9.87. The smallest absolute Gasteiger partial charge is 0.303 e. The van der Waals surface area contributed by atoms with E-state index in [-0.39, 0.29) is 18.9 Å². The average molecular weight is 274 g/mol. The summed E-state index contributed by atoms with van der Waals surface area (Å²) >= 11 is 0. The maximum atomic E-state index is 12.1. The van der Waals surface area contributed by atoms with Gasteiger partial charge in [0.25, 0.3) is 0 Å². The lowest BCUT2D eigenvalue weighted by atomic mass is 10.2. The number of carbonyl (C=O) groups excluding carboxylic acids is 1. The Bertz CT molecular complexity index is 618. The van der Waals surface area contributed by atoms with Crippen molar-refractivity contribution in [3.63, 3.8) is 0 Å². The lowest BCUT2D eigenvalue weighted by Crippen LogP contribution is -2.31. The highest BCUT2D eigenvalue weighted by Crippen LogP contribution is 2.15. The Morgan fingerprint density at radius 2 is 2.00 bits per heavy atom. The van der Waals surface area contributed by atoms with E-state index in [0.717, 1.165) is 10.9 Å². The van der Waals surface area contributed by atoms with Crippen molar-refractivity contribution < 1.29 is 14.7 Å². The van der Waals surface area contributed by atoms with Gasteiger partial charge in [-0.3, -0.25) is 9.59 Å². The van der Waals surface area contributed by atoms with Gasteiger partial charge in [-0.05, 0) is 23.9 Å². The molecule has 0 aliphatic carbocycles. The Morgan fingerprint density at radius 1 is 1.25 bits per heavy atom. The van der Waals surface area contributed by atoms with Crippen LogP contribution >= 0.6 is 0 Å². The van der Waals surface area contributed by atoms with E-state index in [9.17, 15) is 9.59 Å². The molecule has 0 aliphatic heterocycles. The maximum absolute atomic E-state index is 12.1. The number of carboxylic acids is 1. The van der Waals surface area contributed by atoms with E-state index in [0.29, 0.717) is 13.0 Å². The number of benzene rings is 1. The Hall–Kier alpha value is -2.30. The van der Waals surface area contributed by atoms with Crippen LogP contribution in [0.1, 0.15) is 12.8 Å². The lowest BCUT2D eigenvalue weighted by molar-refractivity contribution is -0.138. The van der Waals surface area contributed by atoms with Crippen molar-refractivity contribution in [2.45, 2.75) is 19.4 Å². The van der Waals surface area contributed by atoms with Crippen molar-refractivity contribution in [2.24, 2.45) is 0 Å². The van der Waals surface area contributed by atoms with Crippen LogP contribution in [0.3, 0.4) is 0 Å². The number of para-hydroxylation sites is 1. The minimum absolute atomic E-state index is 0.0169. The monoisotopic (exact) mass is 274 g/mol. The lowest BCUT2D eigenvalue weighted by Gasteiger charge is -2.17. The van der Waals surface area contributed by atoms with Crippen LogP contribution in [-0.4, -0.2) is 40.0 Å². The molecule has 1 amide bonds. The molecule has 2 rings (SSSR count). The Labute approximate surface area is 117 Å². The largest absolute Gasteiger partial charge is 0.481 e. The fourth-order valence-corrected chi connectivity index (χ4v) is 2.14. The molecule has 1 aromatic carbocycles. The second kappa shape index (κ2) is 6.23. The van der Waals surface area contributed by atoms with Crippen molar-refractivity contribution in [2.75, 3.05) is 13.6 Å². The molecule has 0 aliphatic rings. The summed E-state index contributed by atoms with van der Waals surface area (Å²) in [6.45, 7) is 0.738. The summed E-state index contributed by atoms with van der Waals surface area (Å²) in [5.74, 6) is -0.848. The first-order chi connectivity index (χ1) is 9.58. The van der Waals surface area contributed by atoms with Crippen LogP contribution in [0.2, 0.25) is 0 Å². The number of amides is 1. The van der Waals surface area contributed by atoms with Crippen molar-refractivity contribution in [3.8, 4) is 0 Å². The zero-order valence-corrected chi connectivity index (χ0v) is 11.5. The number of carboxylic acid groups (broad SMARTS) is 1. The molecular formula is C15H18N2O3. The number of aliphatic carboxylic acids is 1. The van der Waals surface area contributed by atoms with Gasteiger partial charge in [-0.25, -0.2) is 0 Å². The van der Waals surface area contributed by atoms with E-state index in [1.165, 1.54) is 0 Å². The van der Waals surface area contributed by atoms with Gasteiger partial charge in [-0.15, -0.1) is 0 Å². The molecule has 2 aromatic rings. The molecule has 5 nitrogen and oxygen atoms in total. The first-order valence-electron chi connectivity index (χ1n) is 6.57. The summed E-state index contributed by atoms with van der Waals surface area (Å²) in [5.41, 5.74) is 1.03. The summed E-state index contributed by atoms with van der Waals surface area (Å²) in [4.78, 5) is 24.1. The molecule has 0 radical (unpaired) electrons. The number of fused-ring (bicyclic) bond motifs is 1. The zero-order chi connectivity index (χ0) is 14.5. The van der Waals surface area contributed by atoms with Crippen LogP contribution < -0.4 is 0 Å². The molecule has 0 saturated heterocycles. The van der Waals surface area contributed by atoms with Crippen molar-refractivity contribution in [1.82, 2.24) is 9.47 Å². The highest BCUT2D eigenvalue weighted by atomic mass is 16.4. The molecule has 5 heteroatoms. The van der Waals surface area contributed by atoms with E-state index >= 15 is 0 Å². The van der Waals surface area contributed by atoms with Gasteiger partial charge in [0.15, 0.2) is 0 Å². The predicted molar refractivity (Wildman–Crippen MR) is 76.4 cm³/mol. The molecule has 0 atom stereocenters. The Balaban J connectivity index is 1.95. The van der Waals surface area contributed by atoms with Gasteiger partial charge in [0.2, 0.25) is 5.91 Å². The number of rotatable bonds is 6. The van der Waals surface area contributed by atoms with Crippen molar-refractivity contribution in [1.29, 1.82) is 0 Å². The normalized spacial score (nSPS) is 10.7. The van der Waals surface area contributed by atoms with E-state index in [4.69, 9.17) is 5.11 Å². The number of likely N-dealkylation sites (N-methyl/N-ethyl adjacent to an activating group) is 1. The highest BCUT2D eigenvalue weighted by molar-refractivity contribution is 5.83. The molecule has 0 spiro atoms. The van der Waals surface area contributed by atoms with Crippen LogP contribution in [0.4, 0.5) is 0 Å². The van der Waals surface area contributed by atoms with E-state index in [1.54, 1.807) is 11.9 Å². The first kappa shape index (κ1) is 14.1. The third kappa shape index (κ3) is 3.38. The predicted octanol–water partition coefficient (Wildman–Crippen LogP) is 1.96. The molecule has 0 unspecified atom stereocenters. The van der Waals surface area contributed by atoms with Crippen LogP contribution in [0.25, 0.3) is 10.9 Å². The SMILES string of the molecule is CN(CCCC(=O)O)C(=O)Cn1ccc2ccccc21. The van der Waals surface area contributed by atoms with Crippen molar-refractivity contribution >= 4 is 22.8 Å². The van der Waals surface area contributed by atoms with Gasteiger partial charge in [0.05, 0.1) is 0 Å². The molecule has 1 heterocycles. The standard InChI is InChI=1S/C15H18N2O3/c1-16(9-4-7-15(19)20)14(18)11-17-10-8-12-5-2-3-6-13(12)17/h2-3,5-6,8,10H,4,7,9,11H2,1H3,(H,19,20). The van der Waals surface area contributed by atoms with Crippen molar-refractivity contribution in [3.05, 3.63) is 36.5 Å². The second-order valence-corrected chi connectivity index (χ2v) is 4.82.